The van der Waals surface area contributed by atoms with E-state index in [0.717, 1.165) is 0 Å². The fourth-order valence-corrected chi connectivity index (χ4v) is 1.65. The number of anilines is 1. The minimum Gasteiger partial charge on any atom is -0.465 e. The first kappa shape index (κ1) is 16.0. The Balaban J connectivity index is 3.01. The van der Waals surface area contributed by atoms with E-state index in [1.807, 2.05) is 27.7 Å². The third kappa shape index (κ3) is 4.26. The van der Waals surface area contributed by atoms with E-state index in [4.69, 9.17) is 4.74 Å². The van der Waals surface area contributed by atoms with Crippen molar-refractivity contribution < 1.29 is 19.1 Å². The minimum atomic E-state index is -0.565. The molecule has 0 aliphatic carbocycles. The van der Waals surface area contributed by atoms with Gasteiger partial charge in [-0.15, -0.1) is 0 Å². The number of carbonyl (C=O) groups excluding carboxylic acids is 2. The lowest BCUT2D eigenvalue weighted by atomic mass is 10.2. The van der Waals surface area contributed by atoms with Crippen LogP contribution < -0.4 is 4.90 Å². The average Bonchev–Trinajstić information content (AvgIpc) is 2.37. The zero-order valence-corrected chi connectivity index (χ0v) is 12.6. The van der Waals surface area contributed by atoms with E-state index < -0.39 is 17.7 Å². The Morgan fingerprint density at radius 2 is 1.90 bits per heavy atom. The number of methoxy groups -OCH3 is 1. The third-order valence-corrected chi connectivity index (χ3v) is 2.51. The maximum Gasteiger partial charge on any atom is 0.414 e. The van der Waals surface area contributed by atoms with Crippen LogP contribution in [0.2, 0.25) is 0 Å². The molecule has 0 fully saturated rings. The third-order valence-electron chi connectivity index (χ3n) is 2.51. The monoisotopic (exact) mass is 279 g/mol. The predicted octanol–water partition coefficient (Wildman–Crippen LogP) is 3.23. The topological polar surface area (TPSA) is 55.8 Å². The molecule has 1 aromatic rings. The molecular weight excluding hydrogens is 258 g/mol. The maximum absolute atomic E-state index is 12.1. The van der Waals surface area contributed by atoms with Crippen molar-refractivity contribution in [3.05, 3.63) is 29.8 Å². The second-order valence-corrected chi connectivity index (χ2v) is 5.27. The highest BCUT2D eigenvalue weighted by Gasteiger charge is 2.22. The van der Waals surface area contributed by atoms with E-state index in [-0.39, 0.29) is 0 Å². The Hall–Kier alpha value is -2.04. The molecule has 5 nitrogen and oxygen atoms in total. The summed E-state index contributed by atoms with van der Waals surface area (Å²) in [4.78, 5) is 25.1. The summed E-state index contributed by atoms with van der Waals surface area (Å²) in [5.41, 5.74) is 0.432. The van der Waals surface area contributed by atoms with Crippen molar-refractivity contribution in [2.75, 3.05) is 18.6 Å². The van der Waals surface area contributed by atoms with Gasteiger partial charge in [-0.1, -0.05) is 6.07 Å². The SMILES string of the molecule is CCN(C(=O)OC(C)(C)C)c1cccc(C(=O)OC)c1. The summed E-state index contributed by atoms with van der Waals surface area (Å²) in [6, 6.07) is 6.70. The summed E-state index contributed by atoms with van der Waals surface area (Å²) in [6.07, 6.45) is -0.443. The van der Waals surface area contributed by atoms with Crippen molar-refractivity contribution in [1.29, 1.82) is 0 Å². The molecule has 0 radical (unpaired) electrons. The highest BCUT2D eigenvalue weighted by Crippen LogP contribution is 2.20. The minimum absolute atomic E-state index is 0.395. The largest absolute Gasteiger partial charge is 0.465 e. The number of rotatable bonds is 3. The van der Waals surface area contributed by atoms with Crippen LogP contribution in [0.25, 0.3) is 0 Å². The van der Waals surface area contributed by atoms with E-state index in [0.29, 0.717) is 17.8 Å². The van der Waals surface area contributed by atoms with Crippen molar-refractivity contribution in [3.8, 4) is 0 Å². The Morgan fingerprint density at radius 1 is 1.25 bits per heavy atom. The van der Waals surface area contributed by atoms with Crippen LogP contribution >= 0.6 is 0 Å². The molecule has 0 saturated carbocycles. The molecule has 0 bridgehead atoms. The highest BCUT2D eigenvalue weighted by atomic mass is 16.6. The van der Waals surface area contributed by atoms with Crippen LogP contribution in [-0.4, -0.2) is 31.3 Å². The van der Waals surface area contributed by atoms with Crippen LogP contribution in [0.4, 0.5) is 10.5 Å². The van der Waals surface area contributed by atoms with Gasteiger partial charge in [0.2, 0.25) is 0 Å². The average molecular weight is 279 g/mol. The van der Waals surface area contributed by atoms with Crippen LogP contribution in [-0.2, 0) is 9.47 Å². The van der Waals surface area contributed by atoms with Gasteiger partial charge in [-0.05, 0) is 45.9 Å². The van der Waals surface area contributed by atoms with E-state index in [9.17, 15) is 9.59 Å². The molecule has 20 heavy (non-hydrogen) atoms. The highest BCUT2D eigenvalue weighted by molar-refractivity contribution is 5.93. The Kier molecular flexibility index (Phi) is 5.13. The molecule has 0 saturated heterocycles. The van der Waals surface area contributed by atoms with Crippen LogP contribution in [0.1, 0.15) is 38.1 Å². The lowest BCUT2D eigenvalue weighted by Gasteiger charge is -2.26. The van der Waals surface area contributed by atoms with Gasteiger partial charge in [0.1, 0.15) is 5.60 Å². The predicted molar refractivity (Wildman–Crippen MR) is 77.0 cm³/mol. The van der Waals surface area contributed by atoms with Crippen LogP contribution in [0, 0.1) is 0 Å². The Morgan fingerprint density at radius 3 is 2.40 bits per heavy atom. The number of esters is 1. The summed E-state index contributed by atoms with van der Waals surface area (Å²) in [5.74, 6) is -0.438. The summed E-state index contributed by atoms with van der Waals surface area (Å²) < 4.78 is 10.0. The summed E-state index contributed by atoms with van der Waals surface area (Å²) in [7, 11) is 1.32. The molecule has 0 atom stereocenters. The van der Waals surface area contributed by atoms with E-state index in [1.165, 1.54) is 12.0 Å². The summed E-state index contributed by atoms with van der Waals surface area (Å²) in [6.45, 7) is 7.71. The van der Waals surface area contributed by atoms with Gasteiger partial charge in [-0.25, -0.2) is 9.59 Å². The number of benzene rings is 1. The number of hydrogen-bond acceptors (Lipinski definition) is 4. The number of hydrogen-bond donors (Lipinski definition) is 0. The Labute approximate surface area is 119 Å². The molecule has 0 spiro atoms. The lowest BCUT2D eigenvalue weighted by molar-refractivity contribution is 0.0574. The number of nitrogens with zero attached hydrogens (tertiary/aromatic N) is 1. The first-order valence-corrected chi connectivity index (χ1v) is 6.47. The molecule has 0 aromatic heterocycles. The molecule has 110 valence electrons. The lowest BCUT2D eigenvalue weighted by Crippen LogP contribution is -2.36. The van der Waals surface area contributed by atoms with Crippen molar-refractivity contribution in [1.82, 2.24) is 0 Å². The smallest absolute Gasteiger partial charge is 0.414 e. The molecule has 0 unspecified atom stereocenters. The second-order valence-electron chi connectivity index (χ2n) is 5.27. The maximum atomic E-state index is 12.1. The van der Waals surface area contributed by atoms with E-state index in [2.05, 4.69) is 4.74 Å². The van der Waals surface area contributed by atoms with Crippen LogP contribution in [0.15, 0.2) is 24.3 Å². The van der Waals surface area contributed by atoms with Gasteiger partial charge in [0.25, 0.3) is 0 Å². The van der Waals surface area contributed by atoms with Crippen molar-refractivity contribution >= 4 is 17.7 Å². The normalized spacial score (nSPS) is 10.8. The van der Waals surface area contributed by atoms with E-state index in [1.54, 1.807) is 24.3 Å². The number of ether oxygens (including phenoxy) is 2. The number of amides is 1. The van der Waals surface area contributed by atoms with Gasteiger partial charge in [0, 0.05) is 12.2 Å². The van der Waals surface area contributed by atoms with Gasteiger partial charge < -0.3 is 9.47 Å². The Bertz CT molecular complexity index is 491. The van der Waals surface area contributed by atoms with Crippen LogP contribution in [0.3, 0.4) is 0 Å². The standard InChI is InChI=1S/C15H21NO4/c1-6-16(14(18)20-15(2,3)4)12-9-7-8-11(10-12)13(17)19-5/h7-10H,6H2,1-5H3. The second kappa shape index (κ2) is 6.41. The van der Waals surface area contributed by atoms with Gasteiger partial charge in [-0.3, -0.25) is 4.90 Å². The van der Waals surface area contributed by atoms with Crippen LogP contribution in [0.5, 0.6) is 0 Å². The molecule has 0 N–H and O–H groups in total. The fourth-order valence-electron chi connectivity index (χ4n) is 1.65. The molecule has 0 aliphatic rings. The van der Waals surface area contributed by atoms with E-state index >= 15 is 0 Å². The molecule has 5 heteroatoms. The summed E-state index contributed by atoms with van der Waals surface area (Å²) in [5, 5.41) is 0. The fraction of sp³-hybridized carbons (Fsp3) is 0.467. The van der Waals surface area contributed by atoms with Gasteiger partial charge in [0.15, 0.2) is 0 Å². The molecular formula is C15H21NO4. The molecule has 1 amide bonds. The summed E-state index contributed by atoms with van der Waals surface area (Å²) >= 11 is 0. The zero-order valence-electron chi connectivity index (χ0n) is 12.6. The quantitative estimate of drug-likeness (QED) is 0.797. The molecule has 0 heterocycles. The molecule has 1 rings (SSSR count). The first-order chi connectivity index (χ1) is 9.28. The van der Waals surface area contributed by atoms with Crippen molar-refractivity contribution in [3.63, 3.8) is 0 Å². The zero-order chi connectivity index (χ0) is 15.3. The first-order valence-electron chi connectivity index (χ1n) is 6.47. The molecule has 1 aromatic carbocycles. The number of carbonyl (C=O) groups is 2. The van der Waals surface area contributed by atoms with Crippen molar-refractivity contribution in [2.24, 2.45) is 0 Å². The van der Waals surface area contributed by atoms with Gasteiger partial charge in [-0.2, -0.15) is 0 Å². The van der Waals surface area contributed by atoms with Gasteiger partial charge in [0.05, 0.1) is 12.7 Å². The van der Waals surface area contributed by atoms with Crippen molar-refractivity contribution in [2.45, 2.75) is 33.3 Å². The molecule has 0 aliphatic heterocycles. The van der Waals surface area contributed by atoms with Gasteiger partial charge >= 0.3 is 12.1 Å².